The van der Waals surface area contributed by atoms with Crippen LogP contribution in [0, 0.1) is 0 Å². The molecule has 61 heavy (non-hydrogen) atoms. The zero-order valence-corrected chi connectivity index (χ0v) is 34.1. The third-order valence-corrected chi connectivity index (χ3v) is 13.1. The molecule has 2 nitrogen and oxygen atoms in total. The molecular weight excluding hydrogens is 739 g/mol. The molecule has 0 bridgehead atoms. The average molecular weight is 780 g/mol. The van der Waals surface area contributed by atoms with Crippen molar-refractivity contribution in [3.63, 3.8) is 0 Å². The smallest absolute Gasteiger partial charge is 0.136 e. The lowest BCUT2D eigenvalue weighted by Gasteiger charge is -2.31. The van der Waals surface area contributed by atoms with Crippen LogP contribution in [0.3, 0.4) is 0 Å². The van der Waals surface area contributed by atoms with Crippen molar-refractivity contribution in [1.82, 2.24) is 0 Å². The maximum Gasteiger partial charge on any atom is 0.136 e. The van der Waals surface area contributed by atoms with E-state index in [9.17, 15) is 0 Å². The number of hydrogen-bond acceptors (Lipinski definition) is 2. The molecular formula is C59H41NO. The van der Waals surface area contributed by atoms with Crippen molar-refractivity contribution in [2.45, 2.75) is 19.3 Å². The van der Waals surface area contributed by atoms with Crippen LogP contribution in [0.15, 0.2) is 217 Å². The number of anilines is 3. The summed E-state index contributed by atoms with van der Waals surface area (Å²) in [5.74, 6) is 0. The molecule has 2 heteroatoms. The van der Waals surface area contributed by atoms with Gasteiger partial charge < -0.3 is 9.32 Å². The van der Waals surface area contributed by atoms with Gasteiger partial charge >= 0.3 is 0 Å². The van der Waals surface area contributed by atoms with Crippen molar-refractivity contribution >= 4 is 60.5 Å². The molecule has 0 spiro atoms. The summed E-state index contributed by atoms with van der Waals surface area (Å²) in [6.07, 6.45) is 0. The van der Waals surface area contributed by atoms with Crippen LogP contribution < -0.4 is 4.90 Å². The van der Waals surface area contributed by atoms with Crippen LogP contribution in [0.25, 0.3) is 88.0 Å². The molecule has 0 radical (unpaired) electrons. The third kappa shape index (κ3) is 5.49. The van der Waals surface area contributed by atoms with Gasteiger partial charge in [-0.25, -0.2) is 0 Å². The fourth-order valence-corrected chi connectivity index (χ4v) is 10.2. The van der Waals surface area contributed by atoms with Crippen LogP contribution in [0.1, 0.15) is 25.0 Å². The molecule has 1 aliphatic carbocycles. The minimum absolute atomic E-state index is 0.166. The molecule has 0 saturated heterocycles. The Kier molecular flexibility index (Phi) is 7.92. The third-order valence-electron chi connectivity index (χ3n) is 13.1. The summed E-state index contributed by atoms with van der Waals surface area (Å²) in [6, 6.07) is 77.6. The Morgan fingerprint density at radius 3 is 1.84 bits per heavy atom. The van der Waals surface area contributed by atoms with Crippen LogP contribution in [-0.2, 0) is 5.41 Å². The first-order valence-corrected chi connectivity index (χ1v) is 21.2. The van der Waals surface area contributed by atoms with Crippen molar-refractivity contribution in [3.8, 4) is 44.5 Å². The molecule has 0 saturated carbocycles. The fraction of sp³-hybridized carbons (Fsp3) is 0.0508. The second kappa shape index (κ2) is 13.7. The molecule has 1 aromatic heterocycles. The van der Waals surface area contributed by atoms with E-state index >= 15 is 0 Å². The lowest BCUT2D eigenvalue weighted by molar-refractivity contribution is 0.660. The lowest BCUT2D eigenvalue weighted by Crippen LogP contribution is -2.17. The van der Waals surface area contributed by atoms with E-state index in [4.69, 9.17) is 4.42 Å². The van der Waals surface area contributed by atoms with E-state index in [2.05, 4.69) is 231 Å². The first kappa shape index (κ1) is 35.3. The van der Waals surface area contributed by atoms with E-state index in [1.165, 1.54) is 60.5 Å². The number of para-hydroxylation sites is 1. The van der Waals surface area contributed by atoms with E-state index in [1.54, 1.807) is 0 Å². The van der Waals surface area contributed by atoms with E-state index in [0.29, 0.717) is 0 Å². The highest BCUT2D eigenvalue weighted by molar-refractivity contribution is 6.19. The zero-order valence-electron chi connectivity index (χ0n) is 34.1. The van der Waals surface area contributed by atoms with Crippen LogP contribution in [-0.4, -0.2) is 0 Å². The number of nitrogens with zero attached hydrogens (tertiary/aromatic N) is 1. The van der Waals surface area contributed by atoms with Gasteiger partial charge in [-0.15, -0.1) is 0 Å². The van der Waals surface area contributed by atoms with Crippen molar-refractivity contribution in [2.75, 3.05) is 4.90 Å². The Balaban J connectivity index is 1.19. The molecule has 11 aromatic rings. The maximum absolute atomic E-state index is 6.60. The van der Waals surface area contributed by atoms with Crippen LogP contribution >= 0.6 is 0 Å². The van der Waals surface area contributed by atoms with Crippen molar-refractivity contribution in [2.24, 2.45) is 0 Å². The van der Waals surface area contributed by atoms with Gasteiger partial charge in [0.25, 0.3) is 0 Å². The van der Waals surface area contributed by atoms with Gasteiger partial charge in [0.05, 0.1) is 5.69 Å². The Morgan fingerprint density at radius 1 is 0.377 bits per heavy atom. The SMILES string of the molecule is CC1(C)c2ccccc2-c2ccc(N(c3ccc(-c4ccccc4)cc3)c3cccc(-c4cc5ccccc5c5ccccc45)c3-c3cccc4oc5ccccc5c34)cc21. The van der Waals surface area contributed by atoms with Gasteiger partial charge in [0.2, 0.25) is 0 Å². The predicted molar refractivity (Wildman–Crippen MR) is 257 cm³/mol. The second-order valence-electron chi connectivity index (χ2n) is 16.8. The highest BCUT2D eigenvalue weighted by Crippen LogP contribution is 2.53. The Morgan fingerprint density at radius 2 is 0.984 bits per heavy atom. The highest BCUT2D eigenvalue weighted by atomic mass is 16.3. The van der Waals surface area contributed by atoms with Crippen LogP contribution in [0.2, 0.25) is 0 Å². The highest BCUT2D eigenvalue weighted by Gasteiger charge is 2.36. The van der Waals surface area contributed by atoms with Crippen LogP contribution in [0.4, 0.5) is 17.1 Å². The normalized spacial score (nSPS) is 12.9. The molecule has 1 aliphatic rings. The molecule has 0 N–H and O–H groups in total. The van der Waals surface area contributed by atoms with E-state index in [1.807, 2.05) is 0 Å². The number of furan rings is 1. The summed E-state index contributed by atoms with van der Waals surface area (Å²) in [5.41, 5.74) is 17.2. The molecule has 1 heterocycles. The largest absolute Gasteiger partial charge is 0.456 e. The van der Waals surface area contributed by atoms with E-state index < -0.39 is 0 Å². The van der Waals surface area contributed by atoms with E-state index in [0.717, 1.165) is 55.7 Å². The summed E-state index contributed by atoms with van der Waals surface area (Å²) in [4.78, 5) is 2.48. The lowest BCUT2D eigenvalue weighted by atomic mass is 9.82. The molecule has 288 valence electrons. The Labute approximate surface area is 355 Å². The topological polar surface area (TPSA) is 16.4 Å². The first-order valence-electron chi connectivity index (χ1n) is 21.2. The Bertz CT molecular complexity index is 3500. The molecule has 10 aromatic carbocycles. The average Bonchev–Trinajstić information content (AvgIpc) is 3.81. The fourth-order valence-electron chi connectivity index (χ4n) is 10.2. The van der Waals surface area contributed by atoms with Crippen molar-refractivity contribution < 1.29 is 4.42 Å². The monoisotopic (exact) mass is 779 g/mol. The number of rotatable bonds is 6. The van der Waals surface area contributed by atoms with Gasteiger partial charge in [-0.3, -0.25) is 0 Å². The minimum atomic E-state index is -0.166. The summed E-state index contributed by atoms with van der Waals surface area (Å²) in [6.45, 7) is 4.73. The van der Waals surface area contributed by atoms with Gasteiger partial charge in [0.1, 0.15) is 11.2 Å². The van der Waals surface area contributed by atoms with Crippen molar-refractivity contribution in [1.29, 1.82) is 0 Å². The second-order valence-corrected chi connectivity index (χ2v) is 16.8. The van der Waals surface area contributed by atoms with E-state index in [-0.39, 0.29) is 5.41 Å². The van der Waals surface area contributed by atoms with Gasteiger partial charge in [-0.1, -0.05) is 178 Å². The molecule has 0 aliphatic heterocycles. The van der Waals surface area contributed by atoms with Gasteiger partial charge in [-0.05, 0) is 120 Å². The van der Waals surface area contributed by atoms with Gasteiger partial charge in [0.15, 0.2) is 0 Å². The summed E-state index contributed by atoms with van der Waals surface area (Å²) < 4.78 is 6.60. The van der Waals surface area contributed by atoms with Crippen molar-refractivity contribution in [3.05, 3.63) is 223 Å². The Hall–Kier alpha value is -7.68. The minimum Gasteiger partial charge on any atom is -0.456 e. The molecule has 0 amide bonds. The number of benzene rings is 10. The molecule has 0 atom stereocenters. The number of fused-ring (bicyclic) bond motifs is 9. The maximum atomic E-state index is 6.60. The predicted octanol–water partition coefficient (Wildman–Crippen LogP) is 16.7. The van der Waals surface area contributed by atoms with Gasteiger partial charge in [-0.2, -0.15) is 0 Å². The molecule has 12 rings (SSSR count). The number of hydrogen-bond donors (Lipinski definition) is 0. The summed E-state index contributed by atoms with van der Waals surface area (Å²) in [7, 11) is 0. The van der Waals surface area contributed by atoms with Crippen LogP contribution in [0.5, 0.6) is 0 Å². The summed E-state index contributed by atoms with van der Waals surface area (Å²) in [5, 5.41) is 7.15. The van der Waals surface area contributed by atoms with Gasteiger partial charge in [0, 0.05) is 33.1 Å². The first-order chi connectivity index (χ1) is 30.0. The molecule has 0 fully saturated rings. The molecule has 0 unspecified atom stereocenters. The zero-order chi connectivity index (χ0) is 40.7. The summed E-state index contributed by atoms with van der Waals surface area (Å²) >= 11 is 0. The quantitative estimate of drug-likeness (QED) is 0.156. The standard InChI is InChI=1S/C59H41NO/c1-59(2)52-26-12-10-22-46(52)47-35-34-42(37-53(47)59)60(41-32-30-39(31-33-41)38-16-4-3-5-17-38)54-27-14-24-48(51-36-40-18-6-7-19-43(40)44-20-8-9-21-45(44)51)57(54)50-25-15-29-56-58(50)49-23-11-13-28-55(49)61-56/h3-37H,1-2H3.